The van der Waals surface area contributed by atoms with Gasteiger partial charge in [-0.1, -0.05) is 16.8 Å². The van der Waals surface area contributed by atoms with Gasteiger partial charge in [0.05, 0.1) is 16.4 Å². The quantitative estimate of drug-likeness (QED) is 0.365. The van der Waals surface area contributed by atoms with E-state index in [0.717, 1.165) is 11.4 Å². The minimum absolute atomic E-state index is 0.0539. The second kappa shape index (κ2) is 4.42. The maximum absolute atomic E-state index is 8.58. The molecule has 0 saturated heterocycles. The summed E-state index contributed by atoms with van der Waals surface area (Å²) in [4.78, 5) is 3.98. The topological polar surface area (TPSA) is 89.3 Å². The molecule has 0 spiro atoms. The Morgan fingerprint density at radius 2 is 2.35 bits per heavy atom. The molecule has 0 aliphatic rings. The van der Waals surface area contributed by atoms with Crippen molar-refractivity contribution in [2.75, 3.05) is 0 Å². The lowest BCUT2D eigenvalue weighted by atomic mass is 10.3. The second-order valence-electron chi connectivity index (χ2n) is 3.39. The van der Waals surface area contributed by atoms with Crippen LogP contribution >= 0.6 is 11.6 Å². The van der Waals surface area contributed by atoms with E-state index in [0.29, 0.717) is 10.7 Å². The van der Waals surface area contributed by atoms with Gasteiger partial charge in [0.15, 0.2) is 5.84 Å². The first-order chi connectivity index (χ1) is 8.11. The monoisotopic (exact) mass is 251 g/mol. The van der Waals surface area contributed by atoms with Crippen molar-refractivity contribution in [3.63, 3.8) is 0 Å². The van der Waals surface area contributed by atoms with Gasteiger partial charge < -0.3 is 10.9 Å². The highest BCUT2D eigenvalue weighted by Gasteiger charge is 2.07. The van der Waals surface area contributed by atoms with Gasteiger partial charge in [0.2, 0.25) is 0 Å². The van der Waals surface area contributed by atoms with Crippen LogP contribution in [0.2, 0.25) is 5.02 Å². The van der Waals surface area contributed by atoms with Crippen LogP contribution in [0, 0.1) is 6.92 Å². The Kier molecular flexibility index (Phi) is 2.97. The molecule has 3 N–H and O–H groups in total. The summed E-state index contributed by atoms with van der Waals surface area (Å²) in [5.74, 6) is -0.0539. The zero-order chi connectivity index (χ0) is 12.4. The number of oxime groups is 1. The van der Waals surface area contributed by atoms with E-state index in [2.05, 4.69) is 15.2 Å². The molecule has 2 rings (SSSR count). The van der Waals surface area contributed by atoms with Crippen molar-refractivity contribution < 1.29 is 5.21 Å². The smallest absolute Gasteiger partial charge is 0.188 e. The van der Waals surface area contributed by atoms with Crippen molar-refractivity contribution in [2.24, 2.45) is 10.9 Å². The van der Waals surface area contributed by atoms with Crippen molar-refractivity contribution in [1.29, 1.82) is 0 Å². The van der Waals surface area contributed by atoms with Gasteiger partial charge in [0, 0.05) is 12.4 Å². The van der Waals surface area contributed by atoms with Gasteiger partial charge in [0.1, 0.15) is 5.69 Å². The van der Waals surface area contributed by atoms with E-state index < -0.39 is 0 Å². The fourth-order valence-electron chi connectivity index (χ4n) is 1.32. The van der Waals surface area contributed by atoms with Crippen molar-refractivity contribution >= 4 is 17.4 Å². The van der Waals surface area contributed by atoms with Crippen LogP contribution in [0.5, 0.6) is 0 Å². The van der Waals surface area contributed by atoms with Gasteiger partial charge in [-0.15, -0.1) is 0 Å². The molecule has 0 bridgehead atoms. The molecule has 0 atom stereocenters. The molecule has 0 radical (unpaired) electrons. The summed E-state index contributed by atoms with van der Waals surface area (Å²) < 4.78 is 1.60. The summed E-state index contributed by atoms with van der Waals surface area (Å²) in [6, 6.07) is 3.40. The van der Waals surface area contributed by atoms with Gasteiger partial charge in [-0.3, -0.25) is 4.98 Å². The van der Waals surface area contributed by atoms with Crippen molar-refractivity contribution in [1.82, 2.24) is 14.8 Å². The number of halogens is 1. The average molecular weight is 252 g/mol. The first-order valence-corrected chi connectivity index (χ1v) is 5.15. The lowest BCUT2D eigenvalue weighted by molar-refractivity contribution is 0.318. The largest absolute Gasteiger partial charge is 0.409 e. The first kappa shape index (κ1) is 11.4. The minimum Gasteiger partial charge on any atom is -0.409 e. The van der Waals surface area contributed by atoms with Gasteiger partial charge in [0.25, 0.3) is 0 Å². The summed E-state index contributed by atoms with van der Waals surface area (Å²) in [6.07, 6.45) is 3.23. The van der Waals surface area contributed by atoms with E-state index in [9.17, 15) is 0 Å². The number of amidine groups is 1. The Labute approximate surface area is 102 Å². The maximum atomic E-state index is 8.58. The number of hydrogen-bond acceptors (Lipinski definition) is 4. The van der Waals surface area contributed by atoms with Crippen LogP contribution in [0.15, 0.2) is 29.7 Å². The number of nitrogens with zero attached hydrogens (tertiary/aromatic N) is 4. The highest BCUT2D eigenvalue weighted by atomic mass is 35.5. The average Bonchev–Trinajstić information content (AvgIpc) is 2.69. The third kappa shape index (κ3) is 2.21. The van der Waals surface area contributed by atoms with E-state index in [1.807, 2.05) is 6.92 Å². The molecule has 7 heteroatoms. The van der Waals surface area contributed by atoms with Crippen LogP contribution < -0.4 is 5.73 Å². The lowest BCUT2D eigenvalue weighted by Gasteiger charge is -2.03. The Morgan fingerprint density at radius 3 is 2.94 bits per heavy atom. The molecule has 0 saturated carbocycles. The fourth-order valence-corrected chi connectivity index (χ4v) is 1.45. The van der Waals surface area contributed by atoms with Crippen LogP contribution in [-0.4, -0.2) is 25.8 Å². The van der Waals surface area contributed by atoms with Crippen LogP contribution in [0.25, 0.3) is 5.69 Å². The Hall–Kier alpha value is -2.08. The standard InChI is InChI=1S/C10H10ClN5O/c1-6-8(11)5-16(14-6)7-2-3-13-9(4-7)10(12)15-17/h2-5,17H,1H3,(H2,12,15). The molecule has 2 aromatic rings. The predicted molar refractivity (Wildman–Crippen MR) is 63.6 cm³/mol. The Morgan fingerprint density at radius 1 is 1.59 bits per heavy atom. The second-order valence-corrected chi connectivity index (χ2v) is 3.80. The van der Waals surface area contributed by atoms with Crippen molar-refractivity contribution in [3.05, 3.63) is 40.9 Å². The molecule has 0 unspecified atom stereocenters. The molecule has 0 fully saturated rings. The van der Waals surface area contributed by atoms with E-state index in [4.69, 9.17) is 22.5 Å². The SMILES string of the molecule is Cc1nn(-c2ccnc(C(N)=NO)c2)cc1Cl. The summed E-state index contributed by atoms with van der Waals surface area (Å²) in [5.41, 5.74) is 7.29. The summed E-state index contributed by atoms with van der Waals surface area (Å²) >= 11 is 5.92. The number of pyridine rings is 1. The van der Waals surface area contributed by atoms with Gasteiger partial charge in [-0.05, 0) is 19.1 Å². The number of hydrogen-bond donors (Lipinski definition) is 2. The van der Waals surface area contributed by atoms with Crippen LogP contribution in [0.1, 0.15) is 11.4 Å². The number of nitrogens with two attached hydrogens (primary N) is 1. The highest BCUT2D eigenvalue weighted by molar-refractivity contribution is 6.31. The Balaban J connectivity index is 2.46. The summed E-state index contributed by atoms with van der Waals surface area (Å²) in [6.45, 7) is 1.81. The molecule has 2 aromatic heterocycles. The molecular weight excluding hydrogens is 242 g/mol. The van der Waals surface area contributed by atoms with Crippen LogP contribution in [0.3, 0.4) is 0 Å². The van der Waals surface area contributed by atoms with E-state index in [-0.39, 0.29) is 5.84 Å². The molecule has 17 heavy (non-hydrogen) atoms. The third-order valence-electron chi connectivity index (χ3n) is 2.22. The van der Waals surface area contributed by atoms with Gasteiger partial charge >= 0.3 is 0 Å². The minimum atomic E-state index is -0.0539. The summed E-state index contributed by atoms with van der Waals surface area (Å²) in [7, 11) is 0. The lowest BCUT2D eigenvalue weighted by Crippen LogP contribution is -2.15. The molecule has 0 aliphatic carbocycles. The van der Waals surface area contributed by atoms with Crippen LogP contribution in [-0.2, 0) is 0 Å². The molecular formula is C10H10ClN5O. The molecule has 0 amide bonds. The van der Waals surface area contributed by atoms with E-state index in [1.54, 1.807) is 29.2 Å². The summed E-state index contributed by atoms with van der Waals surface area (Å²) in [5, 5.41) is 16.3. The van der Waals surface area contributed by atoms with Crippen LogP contribution in [0.4, 0.5) is 0 Å². The predicted octanol–water partition coefficient (Wildman–Crippen LogP) is 1.32. The van der Waals surface area contributed by atoms with Gasteiger partial charge in [-0.2, -0.15) is 5.10 Å². The van der Waals surface area contributed by atoms with E-state index >= 15 is 0 Å². The zero-order valence-corrected chi connectivity index (χ0v) is 9.76. The maximum Gasteiger partial charge on any atom is 0.188 e. The van der Waals surface area contributed by atoms with E-state index in [1.165, 1.54) is 0 Å². The number of aromatic nitrogens is 3. The molecule has 6 nitrogen and oxygen atoms in total. The Bertz CT molecular complexity index is 558. The number of aryl methyl sites for hydroxylation is 1. The highest BCUT2D eigenvalue weighted by Crippen LogP contribution is 2.16. The molecule has 0 aromatic carbocycles. The first-order valence-electron chi connectivity index (χ1n) is 4.78. The zero-order valence-electron chi connectivity index (χ0n) is 9.00. The fraction of sp³-hybridized carbons (Fsp3) is 0.100. The molecule has 2 heterocycles. The van der Waals surface area contributed by atoms with Crippen molar-refractivity contribution in [2.45, 2.75) is 6.92 Å². The number of rotatable bonds is 2. The normalized spacial score (nSPS) is 11.8. The molecule has 0 aliphatic heterocycles. The third-order valence-corrected chi connectivity index (χ3v) is 2.59. The van der Waals surface area contributed by atoms with Crippen molar-refractivity contribution in [3.8, 4) is 5.69 Å². The molecule has 88 valence electrons. The van der Waals surface area contributed by atoms with Gasteiger partial charge in [-0.25, -0.2) is 4.68 Å².